The lowest BCUT2D eigenvalue weighted by molar-refractivity contribution is -0.137. The maximum absolute atomic E-state index is 13.8. The number of benzene rings is 1. The third-order valence-corrected chi connectivity index (χ3v) is 3.45. The van der Waals surface area contributed by atoms with Crippen LogP contribution in [0.5, 0.6) is 0 Å². The molecule has 0 heterocycles. The molecule has 0 unspecified atom stereocenters. The maximum Gasteiger partial charge on any atom is 0.303 e. The lowest BCUT2D eigenvalue weighted by atomic mass is 9.75. The molecule has 0 radical (unpaired) electrons. The Morgan fingerprint density at radius 3 is 2.47 bits per heavy atom. The topological polar surface area (TPSA) is 37.3 Å². The molecule has 0 fully saturated rings. The molecule has 1 aliphatic carbocycles. The fourth-order valence-corrected chi connectivity index (χ4v) is 2.65. The zero-order chi connectivity index (χ0) is 12.6. The number of aliphatic carboxylic acids is 1. The molecule has 4 heteroatoms. The highest BCUT2D eigenvalue weighted by atomic mass is 19.1. The third-order valence-electron chi connectivity index (χ3n) is 3.45. The Labute approximate surface area is 98.3 Å². The number of hydrogen-bond donors (Lipinski definition) is 1. The van der Waals surface area contributed by atoms with Gasteiger partial charge in [-0.3, -0.25) is 4.79 Å². The Hall–Kier alpha value is -1.45. The van der Waals surface area contributed by atoms with E-state index in [9.17, 15) is 13.6 Å². The fourth-order valence-electron chi connectivity index (χ4n) is 2.65. The van der Waals surface area contributed by atoms with E-state index in [2.05, 4.69) is 0 Å². The average Bonchev–Trinajstić information content (AvgIpc) is 2.25. The van der Waals surface area contributed by atoms with E-state index in [1.807, 2.05) is 6.92 Å². The summed E-state index contributed by atoms with van der Waals surface area (Å²) in [6.07, 6.45) is 1.16. The van der Waals surface area contributed by atoms with E-state index in [-0.39, 0.29) is 17.9 Å². The molecule has 1 N–H and O–H groups in total. The molecule has 92 valence electrons. The highest BCUT2D eigenvalue weighted by Gasteiger charge is 2.31. The summed E-state index contributed by atoms with van der Waals surface area (Å²) in [4.78, 5) is 10.7. The van der Waals surface area contributed by atoms with Crippen molar-refractivity contribution in [1.29, 1.82) is 0 Å². The standard InChI is InChI=1S/C13H14F2O2/c1-7-2-3-8(6-11(16)17)13-10(15)5-4-9(14)12(7)13/h4-5,7-8H,2-3,6H2,1H3,(H,16,17)/t7-,8+/m0/s1. The molecule has 2 rings (SSSR count). The minimum absolute atomic E-state index is 0.0502. The molecule has 17 heavy (non-hydrogen) atoms. The Balaban J connectivity index is 2.50. The van der Waals surface area contributed by atoms with Gasteiger partial charge in [0.05, 0.1) is 6.42 Å². The summed E-state index contributed by atoms with van der Waals surface area (Å²) in [7, 11) is 0. The van der Waals surface area contributed by atoms with Crippen LogP contribution in [0.15, 0.2) is 12.1 Å². The molecule has 1 aromatic carbocycles. The van der Waals surface area contributed by atoms with Gasteiger partial charge in [-0.05, 0) is 47.9 Å². The Kier molecular flexibility index (Phi) is 3.13. The quantitative estimate of drug-likeness (QED) is 0.860. The summed E-state index contributed by atoms with van der Waals surface area (Å²) in [5.41, 5.74) is 0.633. The first-order valence-corrected chi connectivity index (χ1v) is 5.70. The van der Waals surface area contributed by atoms with Gasteiger partial charge in [0, 0.05) is 0 Å². The van der Waals surface area contributed by atoms with Crippen LogP contribution in [0.2, 0.25) is 0 Å². The lowest BCUT2D eigenvalue weighted by Gasteiger charge is -2.29. The lowest BCUT2D eigenvalue weighted by Crippen LogP contribution is -2.19. The molecular weight excluding hydrogens is 226 g/mol. The molecular formula is C13H14F2O2. The van der Waals surface area contributed by atoms with Crippen LogP contribution < -0.4 is 0 Å². The van der Waals surface area contributed by atoms with Crippen molar-refractivity contribution >= 4 is 5.97 Å². The monoisotopic (exact) mass is 240 g/mol. The molecule has 0 spiro atoms. The highest BCUT2D eigenvalue weighted by molar-refractivity contribution is 5.68. The van der Waals surface area contributed by atoms with Gasteiger partial charge in [-0.1, -0.05) is 6.92 Å². The first kappa shape index (κ1) is 12.0. The van der Waals surface area contributed by atoms with E-state index >= 15 is 0 Å². The SMILES string of the molecule is C[C@H]1CC[C@H](CC(=O)O)c2c(F)ccc(F)c21. The first-order valence-electron chi connectivity index (χ1n) is 5.70. The van der Waals surface area contributed by atoms with Crippen LogP contribution in [0.3, 0.4) is 0 Å². The number of halogens is 2. The smallest absolute Gasteiger partial charge is 0.303 e. The van der Waals surface area contributed by atoms with E-state index in [0.717, 1.165) is 12.1 Å². The summed E-state index contributed by atoms with van der Waals surface area (Å²) in [5.74, 6) is -2.34. The fraction of sp³-hybridized carbons (Fsp3) is 0.462. The molecule has 2 atom stereocenters. The van der Waals surface area contributed by atoms with Crippen LogP contribution in [0, 0.1) is 11.6 Å². The predicted molar refractivity (Wildman–Crippen MR) is 59.0 cm³/mol. The third kappa shape index (κ3) is 2.16. The van der Waals surface area contributed by atoms with E-state index in [1.54, 1.807) is 0 Å². The summed E-state index contributed by atoms with van der Waals surface area (Å²) < 4.78 is 27.5. The van der Waals surface area contributed by atoms with Crippen LogP contribution in [-0.2, 0) is 4.79 Å². The van der Waals surface area contributed by atoms with Crippen molar-refractivity contribution in [2.45, 2.75) is 38.0 Å². The van der Waals surface area contributed by atoms with Crippen molar-refractivity contribution in [1.82, 2.24) is 0 Å². The van der Waals surface area contributed by atoms with Gasteiger partial charge in [-0.2, -0.15) is 0 Å². The van der Waals surface area contributed by atoms with Gasteiger partial charge in [-0.25, -0.2) is 8.78 Å². The number of rotatable bonds is 2. The summed E-state index contributed by atoms with van der Waals surface area (Å²) in [5, 5.41) is 8.80. The van der Waals surface area contributed by atoms with Gasteiger partial charge in [0.1, 0.15) is 11.6 Å². The normalized spacial score (nSPS) is 23.2. The number of hydrogen-bond acceptors (Lipinski definition) is 1. The van der Waals surface area contributed by atoms with Crippen molar-refractivity contribution < 1.29 is 18.7 Å². The van der Waals surface area contributed by atoms with Gasteiger partial charge in [0.25, 0.3) is 0 Å². The second-order valence-corrected chi connectivity index (χ2v) is 4.63. The molecule has 0 saturated heterocycles. The highest BCUT2D eigenvalue weighted by Crippen LogP contribution is 2.42. The van der Waals surface area contributed by atoms with Crippen molar-refractivity contribution in [3.8, 4) is 0 Å². The molecule has 0 aromatic heterocycles. The average molecular weight is 240 g/mol. The van der Waals surface area contributed by atoms with E-state index in [4.69, 9.17) is 5.11 Å². The van der Waals surface area contributed by atoms with Crippen LogP contribution in [0.25, 0.3) is 0 Å². The minimum atomic E-state index is -0.973. The van der Waals surface area contributed by atoms with Crippen LogP contribution in [0.4, 0.5) is 8.78 Å². The Morgan fingerprint density at radius 1 is 1.29 bits per heavy atom. The van der Waals surface area contributed by atoms with Gasteiger partial charge < -0.3 is 5.11 Å². The Morgan fingerprint density at radius 2 is 1.88 bits per heavy atom. The summed E-state index contributed by atoms with van der Waals surface area (Å²) in [6, 6.07) is 2.20. The van der Waals surface area contributed by atoms with Gasteiger partial charge >= 0.3 is 5.97 Å². The van der Waals surface area contributed by atoms with Crippen molar-refractivity contribution in [2.24, 2.45) is 0 Å². The van der Waals surface area contributed by atoms with Crippen molar-refractivity contribution in [2.75, 3.05) is 0 Å². The summed E-state index contributed by atoms with van der Waals surface area (Å²) >= 11 is 0. The number of carboxylic acids is 1. The zero-order valence-electron chi connectivity index (χ0n) is 9.54. The second kappa shape index (κ2) is 4.43. The first-order chi connectivity index (χ1) is 8.00. The second-order valence-electron chi connectivity index (χ2n) is 4.63. The maximum atomic E-state index is 13.8. The van der Waals surface area contributed by atoms with Crippen LogP contribution in [0.1, 0.15) is 49.1 Å². The molecule has 0 aliphatic heterocycles. The zero-order valence-corrected chi connectivity index (χ0v) is 9.54. The van der Waals surface area contributed by atoms with E-state index < -0.39 is 23.5 Å². The predicted octanol–water partition coefficient (Wildman–Crippen LogP) is 3.42. The summed E-state index contributed by atoms with van der Waals surface area (Å²) in [6.45, 7) is 1.85. The van der Waals surface area contributed by atoms with Gasteiger partial charge in [-0.15, -0.1) is 0 Å². The number of carboxylic acid groups (broad SMARTS) is 1. The largest absolute Gasteiger partial charge is 0.481 e. The van der Waals surface area contributed by atoms with E-state index in [0.29, 0.717) is 18.4 Å². The molecule has 1 aliphatic rings. The van der Waals surface area contributed by atoms with Gasteiger partial charge in [0.2, 0.25) is 0 Å². The molecule has 0 saturated carbocycles. The van der Waals surface area contributed by atoms with Crippen molar-refractivity contribution in [3.05, 3.63) is 34.9 Å². The van der Waals surface area contributed by atoms with E-state index in [1.165, 1.54) is 0 Å². The van der Waals surface area contributed by atoms with Crippen LogP contribution in [-0.4, -0.2) is 11.1 Å². The minimum Gasteiger partial charge on any atom is -0.481 e. The van der Waals surface area contributed by atoms with Crippen molar-refractivity contribution in [3.63, 3.8) is 0 Å². The molecule has 0 amide bonds. The Bertz CT molecular complexity index is 457. The van der Waals surface area contributed by atoms with Crippen LogP contribution >= 0.6 is 0 Å². The molecule has 0 bridgehead atoms. The number of carbonyl (C=O) groups is 1. The van der Waals surface area contributed by atoms with Gasteiger partial charge in [0.15, 0.2) is 0 Å². The molecule has 1 aromatic rings. The molecule has 2 nitrogen and oxygen atoms in total. The number of fused-ring (bicyclic) bond motifs is 1.